The zero-order valence-electron chi connectivity index (χ0n) is 11.4. The number of hydrogen-bond donors (Lipinski definition) is 2. The van der Waals surface area contributed by atoms with Gasteiger partial charge in [0.15, 0.2) is 0 Å². The average Bonchev–Trinajstić information content (AvgIpc) is 2.45. The first-order chi connectivity index (χ1) is 9.65. The minimum Gasteiger partial charge on any atom is -0.373 e. The lowest BCUT2D eigenvalue weighted by Crippen LogP contribution is -2.06. The summed E-state index contributed by atoms with van der Waals surface area (Å²) in [5, 5.41) is 6.22. The topological polar surface area (TPSA) is 49.8 Å². The molecule has 0 aliphatic carbocycles. The van der Waals surface area contributed by atoms with Crippen LogP contribution in [0.5, 0.6) is 0 Å². The van der Waals surface area contributed by atoms with Gasteiger partial charge in [0.2, 0.25) is 0 Å². The molecule has 0 spiro atoms. The molecule has 0 fully saturated rings. The molecule has 4 nitrogen and oxygen atoms in total. The molecule has 0 radical (unpaired) electrons. The Hall–Kier alpha value is -1.69. The predicted molar refractivity (Wildman–Crippen MR) is 83.0 cm³/mol. The largest absolute Gasteiger partial charge is 0.373 e. The minimum absolute atomic E-state index is 0.296. The standard InChI is InChI=1S/C14H16BrFN4/c1-3-4-10-13(17-2)18-8-19-14(10)20-12-7-9(16)5-6-11(12)15/h5-8H,3-4H2,1-2H3,(H2,17,18,19,20). The summed E-state index contributed by atoms with van der Waals surface area (Å²) in [5.41, 5.74) is 1.64. The molecular formula is C14H16BrFN4. The molecule has 2 rings (SSSR count). The lowest BCUT2D eigenvalue weighted by molar-refractivity contribution is 0.628. The van der Waals surface area contributed by atoms with Crippen LogP contribution in [0, 0.1) is 5.82 Å². The van der Waals surface area contributed by atoms with Crippen LogP contribution in [0.15, 0.2) is 29.0 Å². The van der Waals surface area contributed by atoms with Crippen molar-refractivity contribution in [3.63, 3.8) is 0 Å². The van der Waals surface area contributed by atoms with Crippen LogP contribution in [-0.4, -0.2) is 17.0 Å². The van der Waals surface area contributed by atoms with Gasteiger partial charge in [0.25, 0.3) is 0 Å². The second-order valence-electron chi connectivity index (χ2n) is 4.30. The normalized spacial score (nSPS) is 10.4. The van der Waals surface area contributed by atoms with E-state index >= 15 is 0 Å². The second-order valence-corrected chi connectivity index (χ2v) is 5.15. The van der Waals surface area contributed by atoms with Crippen LogP contribution in [0.25, 0.3) is 0 Å². The molecule has 0 saturated carbocycles. The van der Waals surface area contributed by atoms with Crippen LogP contribution in [0.3, 0.4) is 0 Å². The number of hydrogen-bond acceptors (Lipinski definition) is 4. The minimum atomic E-state index is -0.296. The van der Waals surface area contributed by atoms with E-state index in [0.717, 1.165) is 28.7 Å². The number of aromatic nitrogens is 2. The van der Waals surface area contributed by atoms with Gasteiger partial charge >= 0.3 is 0 Å². The summed E-state index contributed by atoms with van der Waals surface area (Å²) in [6.07, 6.45) is 3.30. The molecule has 0 aliphatic rings. The van der Waals surface area contributed by atoms with Gasteiger partial charge in [0, 0.05) is 17.1 Å². The Morgan fingerprint density at radius 3 is 2.70 bits per heavy atom. The van der Waals surface area contributed by atoms with Crippen LogP contribution >= 0.6 is 15.9 Å². The van der Waals surface area contributed by atoms with E-state index in [0.29, 0.717) is 11.5 Å². The first-order valence-electron chi connectivity index (χ1n) is 6.39. The van der Waals surface area contributed by atoms with E-state index < -0.39 is 0 Å². The molecule has 0 amide bonds. The molecule has 1 aromatic heterocycles. The van der Waals surface area contributed by atoms with Crippen LogP contribution in [0.4, 0.5) is 21.7 Å². The highest BCUT2D eigenvalue weighted by molar-refractivity contribution is 9.10. The number of anilines is 3. The van der Waals surface area contributed by atoms with Crippen LogP contribution in [0.1, 0.15) is 18.9 Å². The predicted octanol–water partition coefficient (Wildman–Crippen LogP) is 4.12. The number of halogens is 2. The van der Waals surface area contributed by atoms with Gasteiger partial charge in [-0.2, -0.15) is 0 Å². The monoisotopic (exact) mass is 338 g/mol. The van der Waals surface area contributed by atoms with E-state index in [4.69, 9.17) is 0 Å². The summed E-state index contributed by atoms with van der Waals surface area (Å²) >= 11 is 3.40. The molecule has 1 heterocycles. The van der Waals surface area contributed by atoms with Gasteiger partial charge in [-0.1, -0.05) is 13.3 Å². The molecule has 0 aliphatic heterocycles. The Morgan fingerprint density at radius 1 is 1.25 bits per heavy atom. The van der Waals surface area contributed by atoms with Gasteiger partial charge in [-0.25, -0.2) is 14.4 Å². The van der Waals surface area contributed by atoms with Gasteiger partial charge in [-0.15, -0.1) is 0 Å². The summed E-state index contributed by atoms with van der Waals surface area (Å²) in [6.45, 7) is 2.09. The van der Waals surface area contributed by atoms with E-state index in [1.165, 1.54) is 18.5 Å². The maximum atomic E-state index is 13.3. The van der Waals surface area contributed by atoms with Crippen molar-refractivity contribution in [1.29, 1.82) is 0 Å². The van der Waals surface area contributed by atoms with E-state index in [1.54, 1.807) is 6.07 Å². The number of nitrogens with zero attached hydrogens (tertiary/aromatic N) is 2. The summed E-state index contributed by atoms with van der Waals surface area (Å²) in [6, 6.07) is 4.50. The highest BCUT2D eigenvalue weighted by Crippen LogP contribution is 2.29. The molecule has 0 saturated heterocycles. The Labute approximate surface area is 126 Å². The van der Waals surface area contributed by atoms with Crippen molar-refractivity contribution in [3.8, 4) is 0 Å². The first kappa shape index (κ1) is 14.7. The fourth-order valence-corrected chi connectivity index (χ4v) is 2.29. The molecule has 0 atom stereocenters. The summed E-state index contributed by atoms with van der Waals surface area (Å²) in [7, 11) is 1.82. The third kappa shape index (κ3) is 3.25. The molecule has 6 heteroatoms. The van der Waals surface area contributed by atoms with E-state index in [-0.39, 0.29) is 5.82 Å². The van der Waals surface area contributed by atoms with Crippen LogP contribution in [-0.2, 0) is 6.42 Å². The van der Waals surface area contributed by atoms with E-state index in [9.17, 15) is 4.39 Å². The van der Waals surface area contributed by atoms with Crippen molar-refractivity contribution in [3.05, 3.63) is 40.4 Å². The molecule has 1 aromatic carbocycles. The van der Waals surface area contributed by atoms with Crippen molar-refractivity contribution < 1.29 is 4.39 Å². The molecule has 20 heavy (non-hydrogen) atoms. The van der Waals surface area contributed by atoms with Gasteiger partial charge in [-0.3, -0.25) is 0 Å². The highest BCUT2D eigenvalue weighted by atomic mass is 79.9. The highest BCUT2D eigenvalue weighted by Gasteiger charge is 2.11. The zero-order valence-corrected chi connectivity index (χ0v) is 13.0. The number of rotatable bonds is 5. The van der Waals surface area contributed by atoms with Crippen molar-refractivity contribution in [2.75, 3.05) is 17.7 Å². The maximum Gasteiger partial charge on any atom is 0.139 e. The number of nitrogens with one attached hydrogen (secondary N) is 2. The molecule has 0 bridgehead atoms. The molecular weight excluding hydrogens is 323 g/mol. The average molecular weight is 339 g/mol. The van der Waals surface area contributed by atoms with Crippen molar-refractivity contribution in [2.45, 2.75) is 19.8 Å². The number of benzene rings is 1. The quantitative estimate of drug-likeness (QED) is 0.861. The fourth-order valence-electron chi connectivity index (χ4n) is 1.94. The van der Waals surface area contributed by atoms with E-state index in [1.807, 2.05) is 7.05 Å². The smallest absolute Gasteiger partial charge is 0.139 e. The zero-order chi connectivity index (χ0) is 14.5. The molecule has 0 unspecified atom stereocenters. The van der Waals surface area contributed by atoms with Crippen LogP contribution in [0.2, 0.25) is 0 Å². The summed E-state index contributed by atoms with van der Waals surface area (Å²) in [5.74, 6) is 1.19. The summed E-state index contributed by atoms with van der Waals surface area (Å²) in [4.78, 5) is 8.48. The third-order valence-corrected chi connectivity index (χ3v) is 3.56. The Kier molecular flexibility index (Phi) is 4.89. The van der Waals surface area contributed by atoms with Gasteiger partial charge in [0.1, 0.15) is 23.8 Å². The molecule has 2 N–H and O–H groups in total. The van der Waals surface area contributed by atoms with Crippen molar-refractivity contribution in [1.82, 2.24) is 9.97 Å². The summed E-state index contributed by atoms with van der Waals surface area (Å²) < 4.78 is 14.1. The SMILES string of the molecule is CCCc1c(NC)ncnc1Nc1cc(F)ccc1Br. The second kappa shape index (κ2) is 6.65. The molecule has 2 aromatic rings. The molecule has 106 valence electrons. The fraction of sp³-hybridized carbons (Fsp3) is 0.286. The third-order valence-electron chi connectivity index (χ3n) is 2.86. The Balaban J connectivity index is 2.39. The van der Waals surface area contributed by atoms with Gasteiger partial charge in [-0.05, 0) is 40.5 Å². The van der Waals surface area contributed by atoms with Crippen molar-refractivity contribution >= 4 is 33.3 Å². The lowest BCUT2D eigenvalue weighted by Gasteiger charge is -2.14. The van der Waals surface area contributed by atoms with Gasteiger partial charge in [0.05, 0.1) is 5.69 Å². The van der Waals surface area contributed by atoms with Crippen molar-refractivity contribution in [2.24, 2.45) is 0 Å². The first-order valence-corrected chi connectivity index (χ1v) is 7.18. The lowest BCUT2D eigenvalue weighted by atomic mass is 10.1. The van der Waals surface area contributed by atoms with Gasteiger partial charge < -0.3 is 10.6 Å². The Bertz CT molecular complexity index is 604. The maximum absolute atomic E-state index is 13.3. The van der Waals surface area contributed by atoms with Crippen LogP contribution < -0.4 is 10.6 Å². The Morgan fingerprint density at radius 2 is 2.00 bits per heavy atom. The van der Waals surface area contributed by atoms with E-state index in [2.05, 4.69) is 43.5 Å².